The van der Waals surface area contributed by atoms with Crippen LogP contribution in [0.1, 0.15) is 12.0 Å². The average molecular weight is 267 g/mol. The first-order valence-corrected chi connectivity index (χ1v) is 6.46. The Kier molecular flexibility index (Phi) is 4.35. The van der Waals surface area contributed by atoms with Gasteiger partial charge in [-0.3, -0.25) is 14.2 Å². The van der Waals surface area contributed by atoms with Crippen LogP contribution in [0.25, 0.3) is 0 Å². The number of halogens is 2. The number of benzene rings is 1. The summed E-state index contributed by atoms with van der Waals surface area (Å²) in [7, 11) is 0. The second kappa shape index (κ2) is 5.99. The Bertz CT molecular complexity index is 438. The summed E-state index contributed by atoms with van der Waals surface area (Å²) in [6.07, 6.45) is 0.557. The Morgan fingerprint density at radius 2 is 1.79 bits per heavy atom. The molecule has 2 rings (SSSR count). The largest absolute Gasteiger partial charge is 0.398 e. The fourth-order valence-corrected chi connectivity index (χ4v) is 2.61. The standard InChI is InChI=1S/C14H19F2N3/c15-6-10-5-11(7-16)9-19(8-10)14(18)12-3-1-2-4-13(12)17/h1-4,10-11,18H,5-9,17H2. The van der Waals surface area contributed by atoms with Crippen LogP contribution >= 0.6 is 0 Å². The number of piperidine rings is 1. The summed E-state index contributed by atoms with van der Waals surface area (Å²) >= 11 is 0. The summed E-state index contributed by atoms with van der Waals surface area (Å²) in [6.45, 7) is -0.0184. The van der Waals surface area contributed by atoms with Gasteiger partial charge < -0.3 is 10.6 Å². The molecule has 0 saturated carbocycles. The molecule has 2 unspecified atom stereocenters. The van der Waals surface area contributed by atoms with E-state index in [9.17, 15) is 8.78 Å². The van der Waals surface area contributed by atoms with E-state index in [0.29, 0.717) is 30.8 Å². The van der Waals surface area contributed by atoms with Crippen LogP contribution in [0.15, 0.2) is 24.3 Å². The van der Waals surface area contributed by atoms with Crippen LogP contribution in [0.2, 0.25) is 0 Å². The molecule has 1 aromatic rings. The molecule has 19 heavy (non-hydrogen) atoms. The summed E-state index contributed by atoms with van der Waals surface area (Å²) in [5.74, 6) is -0.130. The van der Waals surface area contributed by atoms with Crippen LogP contribution in [-0.4, -0.2) is 37.2 Å². The molecule has 2 atom stereocenters. The van der Waals surface area contributed by atoms with Crippen molar-refractivity contribution in [2.24, 2.45) is 11.8 Å². The average Bonchev–Trinajstić information content (AvgIpc) is 2.46. The molecule has 5 heteroatoms. The number of rotatable bonds is 3. The van der Waals surface area contributed by atoms with Crippen LogP contribution in [0.3, 0.4) is 0 Å². The van der Waals surface area contributed by atoms with Gasteiger partial charge in [-0.2, -0.15) is 0 Å². The van der Waals surface area contributed by atoms with Crippen LogP contribution in [0.5, 0.6) is 0 Å². The summed E-state index contributed by atoms with van der Waals surface area (Å²) < 4.78 is 25.7. The molecule has 0 bridgehead atoms. The smallest absolute Gasteiger partial charge is 0.130 e. The van der Waals surface area contributed by atoms with Crippen LogP contribution in [0.4, 0.5) is 14.5 Å². The lowest BCUT2D eigenvalue weighted by Gasteiger charge is -2.37. The van der Waals surface area contributed by atoms with E-state index in [4.69, 9.17) is 11.1 Å². The second-order valence-corrected chi connectivity index (χ2v) is 5.12. The molecule has 0 aromatic heterocycles. The maximum Gasteiger partial charge on any atom is 0.130 e. The number of para-hydroxylation sites is 1. The highest BCUT2D eigenvalue weighted by atomic mass is 19.1. The number of hydrogen-bond acceptors (Lipinski definition) is 2. The van der Waals surface area contributed by atoms with Crippen LogP contribution in [0, 0.1) is 17.2 Å². The van der Waals surface area contributed by atoms with E-state index in [1.165, 1.54) is 0 Å². The minimum atomic E-state index is -0.468. The Morgan fingerprint density at radius 1 is 1.21 bits per heavy atom. The van der Waals surface area contributed by atoms with Gasteiger partial charge in [-0.15, -0.1) is 0 Å². The van der Waals surface area contributed by atoms with E-state index >= 15 is 0 Å². The number of anilines is 1. The normalized spacial score (nSPS) is 23.4. The minimum Gasteiger partial charge on any atom is -0.398 e. The number of nitrogens with zero attached hydrogens (tertiary/aromatic N) is 1. The quantitative estimate of drug-likeness (QED) is 0.502. The molecular formula is C14H19F2N3. The van der Waals surface area contributed by atoms with Gasteiger partial charge in [0, 0.05) is 36.2 Å². The molecular weight excluding hydrogens is 248 g/mol. The zero-order chi connectivity index (χ0) is 13.8. The molecule has 1 aromatic carbocycles. The van der Waals surface area contributed by atoms with Gasteiger partial charge in [0.15, 0.2) is 0 Å². The molecule has 1 aliphatic heterocycles. The number of likely N-dealkylation sites (tertiary alicyclic amines) is 1. The van der Waals surface area contributed by atoms with Crippen LogP contribution in [-0.2, 0) is 0 Å². The van der Waals surface area contributed by atoms with Gasteiger partial charge >= 0.3 is 0 Å². The minimum absolute atomic E-state index is 0.195. The summed E-state index contributed by atoms with van der Waals surface area (Å²) in [5, 5.41) is 8.20. The lowest BCUT2D eigenvalue weighted by molar-refractivity contribution is 0.144. The van der Waals surface area contributed by atoms with Crippen molar-refractivity contribution in [2.75, 3.05) is 32.2 Å². The number of nitrogen functional groups attached to an aromatic ring is 1. The Balaban J connectivity index is 2.16. The molecule has 3 N–H and O–H groups in total. The molecule has 3 nitrogen and oxygen atoms in total. The summed E-state index contributed by atoms with van der Waals surface area (Å²) in [4.78, 5) is 1.74. The molecule has 0 radical (unpaired) electrons. The van der Waals surface area contributed by atoms with E-state index in [0.717, 1.165) is 0 Å². The third kappa shape index (κ3) is 3.03. The van der Waals surface area contributed by atoms with Gasteiger partial charge in [-0.25, -0.2) is 0 Å². The predicted molar refractivity (Wildman–Crippen MR) is 72.8 cm³/mol. The van der Waals surface area contributed by atoms with Gasteiger partial charge in [-0.05, 0) is 18.6 Å². The highest BCUT2D eigenvalue weighted by Gasteiger charge is 2.29. The molecule has 0 aliphatic carbocycles. The number of hydrogen-bond donors (Lipinski definition) is 2. The SMILES string of the molecule is N=C(c1ccccc1N)N1CC(CF)CC(CF)C1. The zero-order valence-corrected chi connectivity index (χ0v) is 10.8. The van der Waals surface area contributed by atoms with Crippen molar-refractivity contribution < 1.29 is 8.78 Å². The van der Waals surface area contributed by atoms with Gasteiger partial charge in [0.1, 0.15) is 5.84 Å². The fraction of sp³-hybridized carbons (Fsp3) is 0.500. The monoisotopic (exact) mass is 267 g/mol. The van der Waals surface area contributed by atoms with Crippen molar-refractivity contribution in [2.45, 2.75) is 6.42 Å². The Hall–Kier alpha value is -1.65. The topological polar surface area (TPSA) is 53.1 Å². The summed E-state index contributed by atoms with van der Waals surface area (Å²) in [5.41, 5.74) is 6.99. The molecule has 0 spiro atoms. The fourth-order valence-electron chi connectivity index (χ4n) is 2.61. The third-order valence-corrected chi connectivity index (χ3v) is 3.59. The van der Waals surface area contributed by atoms with Crippen molar-refractivity contribution in [1.82, 2.24) is 4.90 Å². The van der Waals surface area contributed by atoms with E-state index in [1.807, 2.05) is 6.07 Å². The van der Waals surface area contributed by atoms with E-state index < -0.39 is 13.3 Å². The van der Waals surface area contributed by atoms with Crippen LogP contribution < -0.4 is 5.73 Å². The lowest BCUT2D eigenvalue weighted by Crippen LogP contribution is -2.45. The van der Waals surface area contributed by atoms with E-state index in [-0.39, 0.29) is 17.7 Å². The third-order valence-electron chi connectivity index (χ3n) is 3.59. The summed E-state index contributed by atoms with van der Waals surface area (Å²) in [6, 6.07) is 7.11. The van der Waals surface area contributed by atoms with Crippen molar-refractivity contribution in [3.63, 3.8) is 0 Å². The lowest BCUT2D eigenvalue weighted by atomic mass is 9.90. The van der Waals surface area contributed by atoms with Crippen molar-refractivity contribution >= 4 is 11.5 Å². The molecule has 0 amide bonds. The number of nitrogens with one attached hydrogen (secondary N) is 1. The zero-order valence-electron chi connectivity index (χ0n) is 10.8. The Labute approximate surface area is 111 Å². The van der Waals surface area contributed by atoms with Gasteiger partial charge in [-0.1, -0.05) is 12.1 Å². The highest BCUT2D eigenvalue weighted by molar-refractivity contribution is 6.01. The van der Waals surface area contributed by atoms with Gasteiger partial charge in [0.05, 0.1) is 13.3 Å². The first-order valence-electron chi connectivity index (χ1n) is 6.46. The first-order chi connectivity index (χ1) is 9.15. The molecule has 1 aliphatic rings. The number of alkyl halides is 2. The number of amidine groups is 1. The van der Waals surface area contributed by atoms with Crippen molar-refractivity contribution in [3.05, 3.63) is 29.8 Å². The number of nitrogens with two attached hydrogens (primary N) is 1. The first kappa shape index (κ1) is 13.8. The second-order valence-electron chi connectivity index (χ2n) is 5.12. The molecule has 1 heterocycles. The molecule has 1 saturated heterocycles. The molecule has 1 fully saturated rings. The maximum absolute atomic E-state index is 12.9. The van der Waals surface area contributed by atoms with Crippen molar-refractivity contribution in [3.8, 4) is 0 Å². The van der Waals surface area contributed by atoms with Gasteiger partial charge in [0.25, 0.3) is 0 Å². The van der Waals surface area contributed by atoms with Gasteiger partial charge in [0.2, 0.25) is 0 Å². The highest BCUT2D eigenvalue weighted by Crippen LogP contribution is 2.25. The maximum atomic E-state index is 12.9. The molecule has 104 valence electrons. The van der Waals surface area contributed by atoms with E-state index in [1.54, 1.807) is 23.1 Å². The van der Waals surface area contributed by atoms with E-state index in [2.05, 4.69) is 0 Å². The van der Waals surface area contributed by atoms with Crippen molar-refractivity contribution in [1.29, 1.82) is 5.41 Å². The Morgan fingerprint density at radius 3 is 2.32 bits per heavy atom. The predicted octanol–water partition coefficient (Wildman–Crippen LogP) is 2.47.